The Bertz CT molecular complexity index is 1200. The molecule has 0 spiro atoms. The van der Waals surface area contributed by atoms with Gasteiger partial charge in [-0.2, -0.15) is 0 Å². The van der Waals surface area contributed by atoms with Crippen LogP contribution in [0.2, 0.25) is 0 Å². The van der Waals surface area contributed by atoms with Gasteiger partial charge in [-0.05, 0) is 57.9 Å². The van der Waals surface area contributed by atoms with E-state index in [4.69, 9.17) is 9.47 Å². The van der Waals surface area contributed by atoms with E-state index in [9.17, 15) is 13.2 Å². The first-order valence-electron chi connectivity index (χ1n) is 10.1. The van der Waals surface area contributed by atoms with E-state index in [1.807, 2.05) is 24.3 Å². The van der Waals surface area contributed by atoms with Crippen molar-refractivity contribution in [2.75, 3.05) is 30.8 Å². The van der Waals surface area contributed by atoms with E-state index in [-0.39, 0.29) is 12.5 Å². The van der Waals surface area contributed by atoms with Gasteiger partial charge in [0.15, 0.2) is 0 Å². The first-order chi connectivity index (χ1) is 15.8. The Morgan fingerprint density at radius 1 is 1.00 bits per heavy atom. The van der Waals surface area contributed by atoms with Gasteiger partial charge in [-0.25, -0.2) is 8.42 Å². The van der Waals surface area contributed by atoms with Crippen molar-refractivity contribution in [1.29, 1.82) is 0 Å². The fourth-order valence-electron chi connectivity index (χ4n) is 3.09. The highest BCUT2D eigenvalue weighted by Crippen LogP contribution is 2.29. The number of carbonyl (C=O) groups is 1. The maximum Gasteiger partial charge on any atom is 0.251 e. The summed E-state index contributed by atoms with van der Waals surface area (Å²) in [6.45, 7) is 0.797. The molecule has 3 aromatic carbocycles. The van der Waals surface area contributed by atoms with E-state index >= 15 is 0 Å². The molecule has 3 rings (SSSR count). The molecule has 0 heterocycles. The Balaban J connectivity index is 1.57. The first-order valence-corrected chi connectivity index (χ1v) is 12.8. The second-order valence-electron chi connectivity index (χ2n) is 7.20. The Hall–Kier alpha value is -3.04. The standard InChI is InChI=1S/C24H25BrN2O5S/c1-31-20-6-5-7-21(16-20)32-15-14-26-24(28)19-12-10-18(11-13-19)17-27(33(2,29)30)23-9-4-3-8-22(23)25/h3-13,16H,14-15,17H2,1-2H3,(H,26,28). The summed E-state index contributed by atoms with van der Waals surface area (Å²) in [6.07, 6.45) is 1.17. The molecule has 1 amide bonds. The number of para-hydroxylation sites is 1. The number of methoxy groups -OCH3 is 1. The van der Waals surface area contributed by atoms with E-state index in [0.717, 1.165) is 5.56 Å². The molecule has 0 saturated heterocycles. The van der Waals surface area contributed by atoms with Crippen molar-refractivity contribution in [2.45, 2.75) is 6.54 Å². The van der Waals surface area contributed by atoms with Crippen LogP contribution >= 0.6 is 15.9 Å². The lowest BCUT2D eigenvalue weighted by Gasteiger charge is -2.23. The first kappa shape index (κ1) is 24.6. The zero-order valence-corrected chi connectivity index (χ0v) is 20.7. The molecule has 33 heavy (non-hydrogen) atoms. The fourth-order valence-corrected chi connectivity index (χ4v) is 4.61. The summed E-state index contributed by atoms with van der Waals surface area (Å²) in [5, 5.41) is 2.81. The number of rotatable bonds is 10. The average Bonchev–Trinajstić information content (AvgIpc) is 2.80. The number of amides is 1. The van der Waals surface area contributed by atoms with Crippen LogP contribution in [0.3, 0.4) is 0 Å². The largest absolute Gasteiger partial charge is 0.497 e. The predicted molar refractivity (Wildman–Crippen MR) is 132 cm³/mol. The smallest absolute Gasteiger partial charge is 0.251 e. The van der Waals surface area contributed by atoms with Crippen LogP contribution in [0.5, 0.6) is 11.5 Å². The van der Waals surface area contributed by atoms with E-state index in [0.29, 0.717) is 40.4 Å². The van der Waals surface area contributed by atoms with Crippen molar-refractivity contribution in [2.24, 2.45) is 0 Å². The number of halogens is 1. The van der Waals surface area contributed by atoms with Crippen molar-refractivity contribution in [3.8, 4) is 11.5 Å². The topological polar surface area (TPSA) is 84.9 Å². The Labute approximate surface area is 202 Å². The quantitative estimate of drug-likeness (QED) is 0.395. The van der Waals surface area contributed by atoms with Gasteiger partial charge in [0.25, 0.3) is 5.91 Å². The molecule has 0 atom stereocenters. The van der Waals surface area contributed by atoms with Gasteiger partial charge < -0.3 is 14.8 Å². The van der Waals surface area contributed by atoms with E-state index < -0.39 is 10.0 Å². The van der Waals surface area contributed by atoms with Crippen LogP contribution in [0, 0.1) is 0 Å². The molecule has 0 saturated carbocycles. The van der Waals surface area contributed by atoms with Crippen LogP contribution in [0.4, 0.5) is 5.69 Å². The van der Waals surface area contributed by atoms with E-state index in [1.54, 1.807) is 55.6 Å². The number of hydrogen-bond donors (Lipinski definition) is 1. The fraction of sp³-hybridized carbons (Fsp3) is 0.208. The molecule has 0 bridgehead atoms. The second-order valence-corrected chi connectivity index (χ2v) is 9.96. The maximum absolute atomic E-state index is 12.4. The molecule has 7 nitrogen and oxygen atoms in total. The van der Waals surface area contributed by atoms with Crippen molar-refractivity contribution in [1.82, 2.24) is 5.32 Å². The molecule has 0 unspecified atom stereocenters. The Morgan fingerprint density at radius 3 is 2.36 bits per heavy atom. The SMILES string of the molecule is COc1cccc(OCCNC(=O)c2ccc(CN(c3ccccc3Br)S(C)(=O)=O)cc2)c1. The molecule has 0 aliphatic rings. The summed E-state index contributed by atoms with van der Waals surface area (Å²) in [5.74, 6) is 1.13. The molecular weight excluding hydrogens is 508 g/mol. The lowest BCUT2D eigenvalue weighted by molar-refractivity contribution is 0.0947. The van der Waals surface area contributed by atoms with E-state index in [2.05, 4.69) is 21.2 Å². The van der Waals surface area contributed by atoms with Crippen LogP contribution in [0.15, 0.2) is 77.3 Å². The lowest BCUT2D eigenvalue weighted by Crippen LogP contribution is -2.30. The highest BCUT2D eigenvalue weighted by Gasteiger charge is 2.20. The molecular formula is C24H25BrN2O5S. The normalized spacial score (nSPS) is 11.0. The second kappa shape index (κ2) is 11.2. The zero-order valence-electron chi connectivity index (χ0n) is 18.3. The molecule has 0 fully saturated rings. The number of hydrogen-bond acceptors (Lipinski definition) is 5. The number of sulfonamides is 1. The Kier molecular flexibility index (Phi) is 8.35. The molecule has 0 aliphatic carbocycles. The summed E-state index contributed by atoms with van der Waals surface area (Å²) < 4.78 is 37.5. The Morgan fingerprint density at radius 2 is 1.70 bits per heavy atom. The van der Waals surface area contributed by atoms with Crippen LogP contribution in [-0.4, -0.2) is 40.8 Å². The number of carbonyl (C=O) groups excluding carboxylic acids is 1. The van der Waals surface area contributed by atoms with Gasteiger partial charge in [0.1, 0.15) is 18.1 Å². The van der Waals surface area contributed by atoms with Gasteiger partial charge in [0, 0.05) is 16.1 Å². The molecule has 0 aliphatic heterocycles. The maximum atomic E-state index is 12.4. The van der Waals surface area contributed by atoms with Gasteiger partial charge in [0.05, 0.1) is 32.1 Å². The van der Waals surface area contributed by atoms with Gasteiger partial charge in [-0.1, -0.05) is 30.3 Å². The van der Waals surface area contributed by atoms with Crippen molar-refractivity contribution < 1.29 is 22.7 Å². The minimum atomic E-state index is -3.51. The van der Waals surface area contributed by atoms with Crippen LogP contribution in [-0.2, 0) is 16.6 Å². The van der Waals surface area contributed by atoms with Crippen molar-refractivity contribution in [3.63, 3.8) is 0 Å². The third kappa shape index (κ3) is 6.97. The van der Waals surface area contributed by atoms with Crippen molar-refractivity contribution in [3.05, 3.63) is 88.4 Å². The summed E-state index contributed by atoms with van der Waals surface area (Å²) in [4.78, 5) is 12.4. The molecule has 0 radical (unpaired) electrons. The van der Waals surface area contributed by atoms with Crippen molar-refractivity contribution >= 4 is 37.5 Å². The van der Waals surface area contributed by atoms with E-state index in [1.165, 1.54) is 10.6 Å². The summed E-state index contributed by atoms with van der Waals surface area (Å²) in [5.41, 5.74) is 1.79. The number of anilines is 1. The molecule has 0 aromatic heterocycles. The minimum Gasteiger partial charge on any atom is -0.497 e. The number of nitrogens with zero attached hydrogens (tertiary/aromatic N) is 1. The van der Waals surface area contributed by atoms with Gasteiger partial charge in [-0.15, -0.1) is 0 Å². The number of nitrogens with one attached hydrogen (secondary N) is 1. The molecule has 174 valence electrons. The highest BCUT2D eigenvalue weighted by molar-refractivity contribution is 9.10. The van der Waals surface area contributed by atoms with Crippen LogP contribution < -0.4 is 19.1 Å². The summed E-state index contributed by atoms with van der Waals surface area (Å²) in [6, 6.07) is 21.2. The molecule has 9 heteroatoms. The number of benzene rings is 3. The van der Waals surface area contributed by atoms with Crippen LogP contribution in [0.1, 0.15) is 15.9 Å². The third-order valence-electron chi connectivity index (χ3n) is 4.76. The minimum absolute atomic E-state index is 0.151. The average molecular weight is 533 g/mol. The summed E-state index contributed by atoms with van der Waals surface area (Å²) >= 11 is 3.41. The van der Waals surface area contributed by atoms with Gasteiger partial charge in [0.2, 0.25) is 10.0 Å². The van der Waals surface area contributed by atoms with Crippen LogP contribution in [0.25, 0.3) is 0 Å². The van der Waals surface area contributed by atoms with Gasteiger partial charge >= 0.3 is 0 Å². The lowest BCUT2D eigenvalue weighted by atomic mass is 10.1. The monoisotopic (exact) mass is 532 g/mol. The molecule has 1 N–H and O–H groups in total. The number of ether oxygens (including phenoxy) is 2. The molecule has 3 aromatic rings. The zero-order chi connectivity index (χ0) is 23.8. The van der Waals surface area contributed by atoms with Gasteiger partial charge in [-0.3, -0.25) is 9.10 Å². The third-order valence-corrected chi connectivity index (χ3v) is 6.56. The summed E-state index contributed by atoms with van der Waals surface area (Å²) in [7, 11) is -1.92. The highest BCUT2D eigenvalue weighted by atomic mass is 79.9. The predicted octanol–water partition coefficient (Wildman–Crippen LogP) is 4.23.